The minimum atomic E-state index is -0.368. The molecule has 2 aliphatic heterocycles. The van der Waals surface area contributed by atoms with E-state index in [1.807, 2.05) is 12.1 Å². The molecular weight excluding hydrogens is 433 g/mol. The minimum Gasteiger partial charge on any atom is -0.497 e. The number of rotatable bonds is 7. The number of halogens is 1. The molecule has 7 heteroatoms. The third-order valence-corrected chi connectivity index (χ3v) is 6.97. The Bertz CT molecular complexity index is 958. The van der Waals surface area contributed by atoms with E-state index in [1.165, 1.54) is 49.1 Å². The first kappa shape index (κ1) is 24.2. The molecule has 182 valence electrons. The molecular formula is C27H34FN3O3. The fourth-order valence-electron chi connectivity index (χ4n) is 5.01. The molecule has 2 heterocycles. The summed E-state index contributed by atoms with van der Waals surface area (Å²) < 4.78 is 18.5. The van der Waals surface area contributed by atoms with E-state index in [9.17, 15) is 14.0 Å². The van der Waals surface area contributed by atoms with Crippen LogP contribution in [-0.4, -0.2) is 61.4 Å². The first-order valence-electron chi connectivity index (χ1n) is 12.3. The highest BCUT2D eigenvalue weighted by atomic mass is 19.1. The van der Waals surface area contributed by atoms with E-state index in [2.05, 4.69) is 22.3 Å². The highest BCUT2D eigenvalue weighted by Crippen LogP contribution is 2.26. The Morgan fingerprint density at radius 2 is 1.71 bits per heavy atom. The van der Waals surface area contributed by atoms with Gasteiger partial charge in [0.15, 0.2) is 0 Å². The van der Waals surface area contributed by atoms with Crippen molar-refractivity contribution in [2.45, 2.75) is 38.1 Å². The first-order valence-corrected chi connectivity index (χ1v) is 12.3. The molecule has 0 spiro atoms. The Morgan fingerprint density at radius 3 is 2.38 bits per heavy atom. The Hall–Kier alpha value is -2.93. The molecule has 0 aromatic heterocycles. The monoisotopic (exact) mass is 467 g/mol. The number of ether oxygens (including phenoxy) is 1. The molecule has 0 saturated carbocycles. The van der Waals surface area contributed by atoms with Crippen molar-refractivity contribution in [3.63, 3.8) is 0 Å². The van der Waals surface area contributed by atoms with Crippen LogP contribution in [0.1, 0.15) is 54.1 Å². The number of nitrogens with zero attached hydrogens (tertiary/aromatic N) is 2. The zero-order valence-electron chi connectivity index (χ0n) is 19.8. The zero-order chi connectivity index (χ0) is 23.9. The molecule has 2 atom stereocenters. The lowest BCUT2D eigenvalue weighted by molar-refractivity contribution is -0.126. The van der Waals surface area contributed by atoms with Crippen LogP contribution in [0, 0.1) is 11.7 Å². The van der Waals surface area contributed by atoms with E-state index in [1.54, 1.807) is 12.0 Å². The average molecular weight is 468 g/mol. The van der Waals surface area contributed by atoms with Gasteiger partial charge < -0.3 is 15.0 Å². The van der Waals surface area contributed by atoms with Crippen molar-refractivity contribution in [3.8, 4) is 5.75 Å². The van der Waals surface area contributed by atoms with Gasteiger partial charge >= 0.3 is 0 Å². The van der Waals surface area contributed by atoms with Gasteiger partial charge in [0.05, 0.1) is 19.1 Å². The first-order chi connectivity index (χ1) is 16.5. The van der Waals surface area contributed by atoms with E-state index < -0.39 is 0 Å². The fourth-order valence-corrected chi connectivity index (χ4v) is 5.01. The van der Waals surface area contributed by atoms with Gasteiger partial charge in [0.1, 0.15) is 11.6 Å². The quantitative estimate of drug-likeness (QED) is 0.668. The second kappa shape index (κ2) is 11.5. The van der Waals surface area contributed by atoms with Gasteiger partial charge in [0.2, 0.25) is 5.91 Å². The third kappa shape index (κ3) is 5.95. The van der Waals surface area contributed by atoms with Crippen LogP contribution < -0.4 is 10.1 Å². The van der Waals surface area contributed by atoms with Gasteiger partial charge in [-0.05, 0) is 80.7 Å². The summed E-state index contributed by atoms with van der Waals surface area (Å²) in [7, 11) is 1.66. The molecule has 4 rings (SSSR count). The molecule has 0 radical (unpaired) electrons. The van der Waals surface area contributed by atoms with Gasteiger partial charge in [-0.25, -0.2) is 4.39 Å². The summed E-state index contributed by atoms with van der Waals surface area (Å²) in [6, 6.07) is 13.8. The SMILES string of the molecule is COc1ccc(C(CNC(=O)C2CCCN(C(=O)c3ccc(F)cc3)C2)N2CCCCC2)cc1. The van der Waals surface area contributed by atoms with E-state index in [4.69, 9.17) is 4.74 Å². The van der Waals surface area contributed by atoms with Crippen molar-refractivity contribution in [2.24, 2.45) is 5.92 Å². The molecule has 34 heavy (non-hydrogen) atoms. The predicted octanol–water partition coefficient (Wildman–Crippen LogP) is 4.03. The number of methoxy groups -OCH3 is 1. The lowest BCUT2D eigenvalue weighted by atomic mass is 9.95. The van der Waals surface area contributed by atoms with Crippen LogP contribution in [0.15, 0.2) is 48.5 Å². The van der Waals surface area contributed by atoms with Gasteiger partial charge in [-0.3, -0.25) is 14.5 Å². The maximum Gasteiger partial charge on any atom is 0.253 e. The molecule has 6 nitrogen and oxygen atoms in total. The Morgan fingerprint density at radius 1 is 1.00 bits per heavy atom. The van der Waals surface area contributed by atoms with Crippen LogP contribution in [0.3, 0.4) is 0 Å². The fraction of sp³-hybridized carbons (Fsp3) is 0.481. The molecule has 2 amide bonds. The van der Waals surface area contributed by atoms with E-state index in [0.29, 0.717) is 25.2 Å². The lowest BCUT2D eigenvalue weighted by Gasteiger charge is -2.36. The summed E-state index contributed by atoms with van der Waals surface area (Å²) in [5.41, 5.74) is 1.62. The number of carbonyl (C=O) groups excluding carboxylic acids is 2. The predicted molar refractivity (Wildman–Crippen MR) is 129 cm³/mol. The van der Waals surface area contributed by atoms with Crippen molar-refractivity contribution in [3.05, 3.63) is 65.5 Å². The van der Waals surface area contributed by atoms with Crippen LogP contribution >= 0.6 is 0 Å². The molecule has 2 fully saturated rings. The highest BCUT2D eigenvalue weighted by molar-refractivity contribution is 5.94. The number of amides is 2. The number of hydrogen-bond donors (Lipinski definition) is 1. The van der Waals surface area contributed by atoms with Gasteiger partial charge in [0.25, 0.3) is 5.91 Å². The third-order valence-electron chi connectivity index (χ3n) is 6.97. The van der Waals surface area contributed by atoms with Crippen molar-refractivity contribution < 1.29 is 18.7 Å². The van der Waals surface area contributed by atoms with Crippen LogP contribution in [0.2, 0.25) is 0 Å². The number of likely N-dealkylation sites (tertiary alicyclic amines) is 2. The van der Waals surface area contributed by atoms with Gasteiger partial charge in [0, 0.05) is 25.2 Å². The standard InChI is InChI=1S/C27H34FN3O3/c1-34-24-13-9-20(10-14-24)25(30-15-3-2-4-16-30)18-29-26(32)22-6-5-17-31(19-22)27(33)21-7-11-23(28)12-8-21/h7-14,22,25H,2-6,15-19H2,1H3,(H,29,32). The van der Waals surface area contributed by atoms with Gasteiger partial charge in [-0.15, -0.1) is 0 Å². The van der Waals surface area contributed by atoms with E-state index in [-0.39, 0.29) is 29.6 Å². The molecule has 2 aliphatic rings. The second-order valence-corrected chi connectivity index (χ2v) is 9.23. The molecule has 1 N–H and O–H groups in total. The Labute approximate surface area is 201 Å². The summed E-state index contributed by atoms with van der Waals surface area (Å²) in [6.45, 7) is 3.58. The largest absolute Gasteiger partial charge is 0.497 e. The molecule has 0 bridgehead atoms. The molecule has 2 saturated heterocycles. The van der Waals surface area contributed by atoms with Crippen molar-refractivity contribution >= 4 is 11.8 Å². The topological polar surface area (TPSA) is 61.9 Å². The molecule has 2 aromatic carbocycles. The maximum atomic E-state index is 13.2. The van der Waals surface area contributed by atoms with Crippen LogP contribution in [0.25, 0.3) is 0 Å². The summed E-state index contributed by atoms with van der Waals surface area (Å²) in [5.74, 6) is 0.0518. The number of nitrogens with one attached hydrogen (secondary N) is 1. The van der Waals surface area contributed by atoms with E-state index in [0.717, 1.165) is 31.7 Å². The van der Waals surface area contributed by atoms with Crippen LogP contribution in [-0.2, 0) is 4.79 Å². The Balaban J connectivity index is 1.39. The van der Waals surface area contributed by atoms with Gasteiger partial charge in [-0.2, -0.15) is 0 Å². The van der Waals surface area contributed by atoms with Gasteiger partial charge in [-0.1, -0.05) is 18.6 Å². The lowest BCUT2D eigenvalue weighted by Crippen LogP contribution is -2.47. The number of hydrogen-bond acceptors (Lipinski definition) is 4. The van der Waals surface area contributed by atoms with Crippen LogP contribution in [0.5, 0.6) is 5.75 Å². The van der Waals surface area contributed by atoms with E-state index >= 15 is 0 Å². The summed E-state index contributed by atoms with van der Waals surface area (Å²) in [4.78, 5) is 30.1. The van der Waals surface area contributed by atoms with Crippen LogP contribution in [0.4, 0.5) is 4.39 Å². The van der Waals surface area contributed by atoms with Crippen molar-refractivity contribution in [2.75, 3.05) is 39.8 Å². The molecule has 2 aromatic rings. The summed E-state index contributed by atoms with van der Waals surface area (Å²) in [6.07, 6.45) is 5.13. The molecule has 2 unspecified atom stereocenters. The summed E-state index contributed by atoms with van der Waals surface area (Å²) >= 11 is 0. The van der Waals surface area contributed by atoms with Crippen molar-refractivity contribution in [1.82, 2.24) is 15.1 Å². The maximum absolute atomic E-state index is 13.2. The number of benzene rings is 2. The number of piperidine rings is 2. The average Bonchev–Trinajstić information content (AvgIpc) is 2.90. The van der Waals surface area contributed by atoms with Crippen molar-refractivity contribution in [1.29, 1.82) is 0 Å². The zero-order valence-corrected chi connectivity index (χ0v) is 19.8. The number of carbonyl (C=O) groups is 2. The molecule has 0 aliphatic carbocycles. The summed E-state index contributed by atoms with van der Waals surface area (Å²) in [5, 5.41) is 3.18. The second-order valence-electron chi connectivity index (χ2n) is 9.23. The highest BCUT2D eigenvalue weighted by Gasteiger charge is 2.30. The Kier molecular flexibility index (Phi) is 8.16. The minimum absolute atomic E-state index is 0.00729. The smallest absolute Gasteiger partial charge is 0.253 e. The normalized spacial score (nSPS) is 19.9.